The summed E-state index contributed by atoms with van der Waals surface area (Å²) in [5.74, 6) is 1.36. The van der Waals surface area contributed by atoms with Crippen molar-refractivity contribution in [2.45, 2.75) is 83.0 Å². The molecule has 5 nitrogen and oxygen atoms in total. The van der Waals surface area contributed by atoms with E-state index in [-0.39, 0.29) is 23.5 Å². The highest BCUT2D eigenvalue weighted by molar-refractivity contribution is 5.82. The van der Waals surface area contributed by atoms with Gasteiger partial charge in [0.2, 0.25) is 5.91 Å². The number of aliphatic hydroxyl groups is 1. The number of rotatable bonds is 6. The number of nitrogens with one attached hydrogen (secondary N) is 1. The first-order valence-corrected chi connectivity index (χ1v) is 11.3. The molecular weight excluding hydrogens is 362 g/mol. The number of carbonyl (C=O) groups is 1. The van der Waals surface area contributed by atoms with Gasteiger partial charge in [-0.3, -0.25) is 9.69 Å². The maximum absolute atomic E-state index is 13.1. The SMILES string of the molecule is CC(C)(C)NC(=O)[C@H]1C[C@@H]2CCCC[C@@H]2CN1C[C@@H](O)[C@@H](N)Cc1ccccc1. The van der Waals surface area contributed by atoms with E-state index in [9.17, 15) is 9.90 Å². The number of nitrogens with two attached hydrogens (primary N) is 1. The van der Waals surface area contributed by atoms with Gasteiger partial charge in [-0.05, 0) is 57.4 Å². The molecule has 1 saturated carbocycles. The Kier molecular flexibility index (Phi) is 7.36. The molecule has 3 rings (SSSR count). The van der Waals surface area contributed by atoms with Crippen LogP contribution in [0, 0.1) is 11.8 Å². The summed E-state index contributed by atoms with van der Waals surface area (Å²) >= 11 is 0. The van der Waals surface area contributed by atoms with Crippen molar-refractivity contribution in [1.29, 1.82) is 0 Å². The Bertz CT molecular complexity index is 658. The molecule has 5 atom stereocenters. The van der Waals surface area contributed by atoms with Crippen LogP contribution in [0.2, 0.25) is 0 Å². The molecule has 0 spiro atoms. The second-order valence-electron chi connectivity index (χ2n) is 10.2. The van der Waals surface area contributed by atoms with E-state index in [0.29, 0.717) is 24.8 Å². The molecule has 1 amide bonds. The fraction of sp³-hybridized carbons (Fsp3) is 0.708. The molecule has 0 aromatic heterocycles. The normalized spacial score (nSPS) is 27.7. The largest absolute Gasteiger partial charge is 0.390 e. The van der Waals surface area contributed by atoms with Gasteiger partial charge >= 0.3 is 0 Å². The molecule has 0 unspecified atom stereocenters. The van der Waals surface area contributed by atoms with Crippen molar-refractivity contribution >= 4 is 5.91 Å². The van der Waals surface area contributed by atoms with Crippen LogP contribution in [0.4, 0.5) is 0 Å². The average Bonchev–Trinajstić information content (AvgIpc) is 2.66. The van der Waals surface area contributed by atoms with Gasteiger partial charge in [0.15, 0.2) is 0 Å². The molecule has 2 aliphatic rings. The summed E-state index contributed by atoms with van der Waals surface area (Å²) in [6.45, 7) is 7.41. The van der Waals surface area contributed by atoms with Gasteiger partial charge in [-0.25, -0.2) is 0 Å². The third kappa shape index (κ3) is 6.27. The Morgan fingerprint density at radius 3 is 2.52 bits per heavy atom. The van der Waals surface area contributed by atoms with Gasteiger partial charge in [0.05, 0.1) is 12.1 Å². The summed E-state index contributed by atoms with van der Waals surface area (Å²) in [4.78, 5) is 15.3. The minimum absolute atomic E-state index is 0.0883. The highest BCUT2D eigenvalue weighted by Crippen LogP contribution is 2.38. The standard InChI is InChI=1S/C24H39N3O2/c1-24(2,3)26-23(29)21-14-18-11-7-8-12-19(18)15-27(21)16-22(28)20(25)13-17-9-5-4-6-10-17/h4-6,9-10,18-22,28H,7-8,11-16,25H2,1-3H3,(H,26,29)/t18-,19+,20-,21+,22+/m0/s1. The highest BCUT2D eigenvalue weighted by Gasteiger charge is 2.41. The summed E-state index contributed by atoms with van der Waals surface area (Å²) in [7, 11) is 0. The Labute approximate surface area is 176 Å². The Morgan fingerprint density at radius 2 is 1.86 bits per heavy atom. The molecular formula is C24H39N3O2. The minimum Gasteiger partial charge on any atom is -0.390 e. The fourth-order valence-corrected chi connectivity index (χ4v) is 5.02. The number of carbonyl (C=O) groups excluding carboxylic acids is 1. The summed E-state index contributed by atoms with van der Waals surface area (Å²) < 4.78 is 0. The number of likely N-dealkylation sites (tertiary alicyclic amines) is 1. The molecule has 29 heavy (non-hydrogen) atoms. The lowest BCUT2D eigenvalue weighted by Crippen LogP contribution is -2.59. The van der Waals surface area contributed by atoms with Crippen molar-refractivity contribution < 1.29 is 9.90 Å². The number of aliphatic hydroxyl groups excluding tert-OH is 1. The number of nitrogens with zero attached hydrogens (tertiary/aromatic N) is 1. The smallest absolute Gasteiger partial charge is 0.237 e. The van der Waals surface area contributed by atoms with Crippen LogP contribution in [0.25, 0.3) is 0 Å². The van der Waals surface area contributed by atoms with Crippen LogP contribution in [-0.2, 0) is 11.2 Å². The zero-order valence-corrected chi connectivity index (χ0v) is 18.3. The highest BCUT2D eigenvalue weighted by atomic mass is 16.3. The third-order valence-electron chi connectivity index (χ3n) is 6.53. The molecule has 5 heteroatoms. The first-order chi connectivity index (χ1) is 13.7. The lowest BCUT2D eigenvalue weighted by atomic mass is 9.72. The van der Waals surface area contributed by atoms with Gasteiger partial charge in [-0.1, -0.05) is 49.6 Å². The van der Waals surface area contributed by atoms with E-state index < -0.39 is 6.10 Å². The van der Waals surface area contributed by atoms with Crippen LogP contribution in [-0.4, -0.2) is 52.7 Å². The van der Waals surface area contributed by atoms with E-state index in [1.54, 1.807) is 0 Å². The number of fused-ring (bicyclic) bond motifs is 1. The van der Waals surface area contributed by atoms with E-state index in [1.165, 1.54) is 25.7 Å². The quantitative estimate of drug-likeness (QED) is 0.685. The van der Waals surface area contributed by atoms with Gasteiger partial charge in [0, 0.05) is 24.7 Å². The van der Waals surface area contributed by atoms with Gasteiger partial charge in [-0.15, -0.1) is 0 Å². The number of benzene rings is 1. The van der Waals surface area contributed by atoms with Crippen LogP contribution in [0.5, 0.6) is 0 Å². The topological polar surface area (TPSA) is 78.6 Å². The summed E-state index contributed by atoms with van der Waals surface area (Å²) in [5, 5.41) is 14.0. The van der Waals surface area contributed by atoms with Gasteiger partial charge < -0.3 is 16.2 Å². The second-order valence-corrected chi connectivity index (χ2v) is 10.2. The Hall–Kier alpha value is -1.43. The monoisotopic (exact) mass is 401 g/mol. The first-order valence-electron chi connectivity index (χ1n) is 11.3. The lowest BCUT2D eigenvalue weighted by molar-refractivity contribution is -0.132. The van der Waals surface area contributed by atoms with Gasteiger partial charge in [0.1, 0.15) is 0 Å². The molecule has 1 aliphatic heterocycles. The van der Waals surface area contributed by atoms with Crippen molar-refractivity contribution in [2.75, 3.05) is 13.1 Å². The van der Waals surface area contributed by atoms with Crippen molar-refractivity contribution in [3.63, 3.8) is 0 Å². The molecule has 1 aromatic carbocycles. The molecule has 1 saturated heterocycles. The van der Waals surface area contributed by atoms with E-state index >= 15 is 0 Å². The van der Waals surface area contributed by atoms with Crippen LogP contribution in [0.1, 0.15) is 58.4 Å². The molecule has 4 N–H and O–H groups in total. The third-order valence-corrected chi connectivity index (χ3v) is 6.53. The van der Waals surface area contributed by atoms with Crippen molar-refractivity contribution in [1.82, 2.24) is 10.2 Å². The number of hydrogen-bond donors (Lipinski definition) is 3. The van der Waals surface area contributed by atoms with E-state index in [1.807, 2.05) is 51.1 Å². The van der Waals surface area contributed by atoms with E-state index in [2.05, 4.69) is 10.2 Å². The maximum Gasteiger partial charge on any atom is 0.237 e. The van der Waals surface area contributed by atoms with Gasteiger partial charge in [0.25, 0.3) is 0 Å². The van der Waals surface area contributed by atoms with Crippen LogP contribution < -0.4 is 11.1 Å². The molecule has 2 fully saturated rings. The Morgan fingerprint density at radius 1 is 1.21 bits per heavy atom. The predicted octanol–water partition coefficient (Wildman–Crippen LogP) is 2.71. The van der Waals surface area contributed by atoms with Crippen molar-refractivity contribution in [3.8, 4) is 0 Å². The fourth-order valence-electron chi connectivity index (χ4n) is 5.02. The molecule has 0 bridgehead atoms. The molecule has 162 valence electrons. The summed E-state index contributed by atoms with van der Waals surface area (Å²) in [6.07, 6.45) is 5.91. The summed E-state index contributed by atoms with van der Waals surface area (Å²) in [6, 6.07) is 9.54. The first kappa shape index (κ1) is 22.3. The second kappa shape index (κ2) is 9.59. The number of β-amino-alcohol motifs (C(OH)–C–C–N with tert-alkyl or cyclic N) is 1. The molecule has 0 radical (unpaired) electrons. The van der Waals surface area contributed by atoms with Crippen LogP contribution in [0.15, 0.2) is 30.3 Å². The summed E-state index contributed by atoms with van der Waals surface area (Å²) in [5.41, 5.74) is 7.22. The average molecular weight is 402 g/mol. The molecule has 1 heterocycles. The van der Waals surface area contributed by atoms with Gasteiger partial charge in [-0.2, -0.15) is 0 Å². The maximum atomic E-state index is 13.1. The van der Waals surface area contributed by atoms with Crippen LogP contribution in [0.3, 0.4) is 0 Å². The molecule has 1 aliphatic carbocycles. The zero-order valence-electron chi connectivity index (χ0n) is 18.3. The lowest BCUT2D eigenvalue weighted by Gasteiger charge is -2.46. The van der Waals surface area contributed by atoms with Crippen molar-refractivity contribution in [2.24, 2.45) is 17.6 Å². The minimum atomic E-state index is -0.653. The predicted molar refractivity (Wildman–Crippen MR) is 117 cm³/mol. The number of amides is 1. The van der Waals surface area contributed by atoms with E-state index in [0.717, 1.165) is 18.5 Å². The van der Waals surface area contributed by atoms with E-state index in [4.69, 9.17) is 5.73 Å². The zero-order chi connectivity index (χ0) is 21.0. The Balaban J connectivity index is 1.67. The van der Waals surface area contributed by atoms with Crippen molar-refractivity contribution in [3.05, 3.63) is 35.9 Å². The van der Waals surface area contributed by atoms with Crippen LogP contribution >= 0.6 is 0 Å². The number of piperidine rings is 1. The molecule has 1 aromatic rings. The number of hydrogen-bond acceptors (Lipinski definition) is 4.